The SMILES string of the molecule is COCCOc1cc([N+](=O)[O-])c(C(=O)NCc2cc(OC)ccc2OC)cc1OC. The van der Waals surface area contributed by atoms with Crippen LogP contribution in [0.3, 0.4) is 0 Å². The summed E-state index contributed by atoms with van der Waals surface area (Å²) >= 11 is 0. The molecule has 1 N–H and O–H groups in total. The zero-order chi connectivity index (χ0) is 22.1. The molecular weight excluding hydrogens is 396 g/mol. The van der Waals surface area contributed by atoms with Crippen LogP contribution in [0.25, 0.3) is 0 Å². The minimum absolute atomic E-state index is 0.0742. The quantitative estimate of drug-likeness (QED) is 0.335. The Morgan fingerprint density at radius 3 is 2.30 bits per heavy atom. The van der Waals surface area contributed by atoms with Crippen molar-refractivity contribution in [3.05, 3.63) is 51.6 Å². The summed E-state index contributed by atoms with van der Waals surface area (Å²) in [5.74, 6) is 0.830. The van der Waals surface area contributed by atoms with E-state index in [2.05, 4.69) is 5.32 Å². The van der Waals surface area contributed by atoms with Gasteiger partial charge < -0.3 is 29.0 Å². The fourth-order valence-electron chi connectivity index (χ4n) is 2.68. The molecule has 30 heavy (non-hydrogen) atoms. The molecule has 0 bridgehead atoms. The molecule has 0 aliphatic rings. The number of nitro groups is 1. The number of benzene rings is 2. The average molecular weight is 420 g/mol. The van der Waals surface area contributed by atoms with Crippen LogP contribution in [0.2, 0.25) is 0 Å². The Balaban J connectivity index is 2.29. The fraction of sp³-hybridized carbons (Fsp3) is 0.350. The van der Waals surface area contributed by atoms with E-state index in [1.54, 1.807) is 18.2 Å². The summed E-state index contributed by atoms with van der Waals surface area (Å²) in [6, 6.07) is 7.58. The van der Waals surface area contributed by atoms with Gasteiger partial charge in [0.05, 0.1) is 38.9 Å². The summed E-state index contributed by atoms with van der Waals surface area (Å²) in [6.45, 7) is 0.539. The van der Waals surface area contributed by atoms with Gasteiger partial charge in [-0.3, -0.25) is 14.9 Å². The number of methoxy groups -OCH3 is 4. The summed E-state index contributed by atoms with van der Waals surface area (Å²) in [5.41, 5.74) is 0.0930. The van der Waals surface area contributed by atoms with Crippen LogP contribution < -0.4 is 24.3 Å². The number of carbonyl (C=O) groups excluding carboxylic acids is 1. The van der Waals surface area contributed by atoms with Gasteiger partial charge in [0.2, 0.25) is 0 Å². The second kappa shape index (κ2) is 10.9. The van der Waals surface area contributed by atoms with Crippen molar-refractivity contribution >= 4 is 11.6 Å². The maximum absolute atomic E-state index is 12.7. The van der Waals surface area contributed by atoms with E-state index in [0.29, 0.717) is 23.7 Å². The monoisotopic (exact) mass is 420 g/mol. The van der Waals surface area contributed by atoms with Crippen molar-refractivity contribution in [1.29, 1.82) is 0 Å². The predicted octanol–water partition coefficient (Wildman–Crippen LogP) is 2.58. The van der Waals surface area contributed by atoms with E-state index in [1.165, 1.54) is 34.5 Å². The molecule has 0 aliphatic carbocycles. The van der Waals surface area contributed by atoms with Crippen LogP contribution in [-0.4, -0.2) is 52.5 Å². The largest absolute Gasteiger partial charge is 0.497 e. The molecule has 0 heterocycles. The maximum Gasteiger partial charge on any atom is 0.286 e. The fourth-order valence-corrected chi connectivity index (χ4v) is 2.68. The standard InChI is InChI=1S/C20H24N2O8/c1-26-7-8-30-19-11-16(22(24)25)15(10-18(19)29-4)20(23)21-12-13-9-14(27-2)5-6-17(13)28-3/h5-6,9-11H,7-8,12H2,1-4H3,(H,21,23). The van der Waals surface area contributed by atoms with Crippen molar-refractivity contribution < 1.29 is 33.4 Å². The van der Waals surface area contributed by atoms with E-state index in [4.69, 9.17) is 23.7 Å². The van der Waals surface area contributed by atoms with Crippen LogP contribution in [0.1, 0.15) is 15.9 Å². The molecule has 0 radical (unpaired) electrons. The summed E-state index contributed by atoms with van der Waals surface area (Å²) in [4.78, 5) is 23.6. The van der Waals surface area contributed by atoms with E-state index >= 15 is 0 Å². The second-order valence-corrected chi connectivity index (χ2v) is 5.98. The summed E-state index contributed by atoms with van der Waals surface area (Å²) < 4.78 is 26.1. The van der Waals surface area contributed by atoms with Crippen molar-refractivity contribution in [2.24, 2.45) is 0 Å². The van der Waals surface area contributed by atoms with Crippen LogP contribution in [0.4, 0.5) is 5.69 Å². The first-order valence-corrected chi connectivity index (χ1v) is 8.92. The van der Waals surface area contributed by atoms with Crippen LogP contribution in [0.5, 0.6) is 23.0 Å². The van der Waals surface area contributed by atoms with Crippen LogP contribution in [0, 0.1) is 10.1 Å². The van der Waals surface area contributed by atoms with Crippen molar-refractivity contribution in [2.75, 3.05) is 41.7 Å². The molecule has 0 unspecified atom stereocenters. The lowest BCUT2D eigenvalue weighted by molar-refractivity contribution is -0.385. The molecule has 0 fully saturated rings. The van der Waals surface area contributed by atoms with Gasteiger partial charge >= 0.3 is 0 Å². The van der Waals surface area contributed by atoms with Crippen LogP contribution in [-0.2, 0) is 11.3 Å². The first-order chi connectivity index (χ1) is 14.4. The van der Waals surface area contributed by atoms with Gasteiger partial charge in [0.1, 0.15) is 23.7 Å². The Bertz CT molecular complexity index is 901. The minimum Gasteiger partial charge on any atom is -0.497 e. The van der Waals surface area contributed by atoms with Gasteiger partial charge in [0.15, 0.2) is 11.5 Å². The Morgan fingerprint density at radius 2 is 1.70 bits per heavy atom. The molecule has 10 heteroatoms. The highest BCUT2D eigenvalue weighted by atomic mass is 16.6. The minimum atomic E-state index is -0.649. The number of nitro benzene ring substituents is 1. The summed E-state index contributed by atoms with van der Waals surface area (Å²) in [5, 5.41) is 14.2. The van der Waals surface area contributed by atoms with Gasteiger partial charge in [0.25, 0.3) is 11.6 Å². The highest BCUT2D eigenvalue weighted by molar-refractivity contribution is 5.99. The first-order valence-electron chi connectivity index (χ1n) is 8.92. The van der Waals surface area contributed by atoms with E-state index in [1.807, 2.05) is 0 Å². The topological polar surface area (TPSA) is 118 Å². The first kappa shape index (κ1) is 22.8. The number of ether oxygens (including phenoxy) is 5. The molecule has 0 atom stereocenters. The zero-order valence-electron chi connectivity index (χ0n) is 17.2. The molecule has 0 spiro atoms. The number of nitrogens with zero attached hydrogens (tertiary/aromatic N) is 1. The lowest BCUT2D eigenvalue weighted by Crippen LogP contribution is -2.24. The van der Waals surface area contributed by atoms with Crippen molar-refractivity contribution in [3.8, 4) is 23.0 Å². The van der Waals surface area contributed by atoms with E-state index < -0.39 is 16.5 Å². The highest BCUT2D eigenvalue weighted by Crippen LogP contribution is 2.35. The van der Waals surface area contributed by atoms with Gasteiger partial charge in [-0.15, -0.1) is 0 Å². The predicted molar refractivity (Wildman–Crippen MR) is 108 cm³/mol. The Kier molecular flexibility index (Phi) is 8.24. The van der Waals surface area contributed by atoms with Gasteiger partial charge in [-0.1, -0.05) is 0 Å². The Hall–Kier alpha value is -3.53. The van der Waals surface area contributed by atoms with Gasteiger partial charge in [0, 0.05) is 25.3 Å². The summed E-state index contributed by atoms with van der Waals surface area (Å²) in [7, 11) is 5.92. The van der Waals surface area contributed by atoms with Gasteiger partial charge in [-0.25, -0.2) is 0 Å². The molecule has 10 nitrogen and oxygen atoms in total. The van der Waals surface area contributed by atoms with Crippen molar-refractivity contribution in [2.45, 2.75) is 6.54 Å². The molecule has 0 saturated heterocycles. The number of hydrogen-bond acceptors (Lipinski definition) is 8. The third kappa shape index (κ3) is 5.51. The lowest BCUT2D eigenvalue weighted by Gasteiger charge is -2.14. The Labute approximate surface area is 173 Å². The molecule has 2 rings (SSSR count). The lowest BCUT2D eigenvalue weighted by atomic mass is 10.1. The molecule has 0 aromatic heterocycles. The van der Waals surface area contributed by atoms with Crippen molar-refractivity contribution in [1.82, 2.24) is 5.32 Å². The Morgan fingerprint density at radius 1 is 0.967 bits per heavy atom. The molecule has 162 valence electrons. The number of amides is 1. The van der Waals surface area contributed by atoms with E-state index in [0.717, 1.165) is 6.07 Å². The van der Waals surface area contributed by atoms with Crippen LogP contribution in [0.15, 0.2) is 30.3 Å². The van der Waals surface area contributed by atoms with Gasteiger partial charge in [-0.05, 0) is 18.2 Å². The van der Waals surface area contributed by atoms with E-state index in [-0.39, 0.29) is 30.2 Å². The third-order valence-electron chi connectivity index (χ3n) is 4.20. The molecule has 2 aromatic carbocycles. The molecule has 1 amide bonds. The maximum atomic E-state index is 12.7. The second-order valence-electron chi connectivity index (χ2n) is 5.98. The zero-order valence-corrected chi connectivity index (χ0v) is 17.2. The normalized spacial score (nSPS) is 10.3. The molecule has 0 aliphatic heterocycles. The smallest absolute Gasteiger partial charge is 0.286 e. The molecular formula is C20H24N2O8. The van der Waals surface area contributed by atoms with E-state index in [9.17, 15) is 14.9 Å². The third-order valence-corrected chi connectivity index (χ3v) is 4.20. The number of rotatable bonds is 11. The van der Waals surface area contributed by atoms with Crippen LogP contribution >= 0.6 is 0 Å². The molecule has 2 aromatic rings. The summed E-state index contributed by atoms with van der Waals surface area (Å²) in [6.07, 6.45) is 0. The molecule has 0 saturated carbocycles. The number of carbonyl (C=O) groups is 1. The van der Waals surface area contributed by atoms with Crippen molar-refractivity contribution in [3.63, 3.8) is 0 Å². The van der Waals surface area contributed by atoms with Gasteiger partial charge in [-0.2, -0.15) is 0 Å². The highest BCUT2D eigenvalue weighted by Gasteiger charge is 2.25. The number of nitrogens with one attached hydrogen (secondary N) is 1. The number of hydrogen-bond donors (Lipinski definition) is 1. The average Bonchev–Trinajstić information content (AvgIpc) is 2.76.